The van der Waals surface area contributed by atoms with Crippen LogP contribution in [0, 0.1) is 27.7 Å². The molecule has 3 heterocycles. The molecule has 1 N–H and O–H groups in total. The van der Waals surface area contributed by atoms with Crippen LogP contribution in [0.1, 0.15) is 126 Å². The smallest absolute Gasteiger partial charge is 0.247 e. The lowest BCUT2D eigenvalue weighted by molar-refractivity contribution is 0.332. The quantitative estimate of drug-likeness (QED) is 0.174. The SMILES string of the molecule is Cc1cc(C)c(-c2cc(-c3cc4ccccc4cc3Nc3cccc4sc5ccccc5c34)c3c(c2)N(c2cc4c(cc2C)C(C)(C)CCC4(C)C)c2c(oc4cc5c(cc24)C(C)(C)CCC5(C)C)[B]3)c(C)c1. The molecule has 0 saturated carbocycles. The zero-order valence-corrected chi connectivity index (χ0v) is 45.6. The van der Waals surface area contributed by atoms with Crippen LogP contribution in [-0.4, -0.2) is 7.28 Å². The van der Waals surface area contributed by atoms with Gasteiger partial charge in [0.1, 0.15) is 5.58 Å². The first-order chi connectivity index (χ1) is 34.8. The molecule has 8 aromatic carbocycles. The van der Waals surface area contributed by atoms with Crippen molar-refractivity contribution in [3.8, 4) is 22.3 Å². The van der Waals surface area contributed by atoms with Crippen molar-refractivity contribution < 1.29 is 4.42 Å². The van der Waals surface area contributed by atoms with Crippen LogP contribution in [-0.2, 0) is 21.7 Å². The van der Waals surface area contributed by atoms with E-state index in [4.69, 9.17) is 4.42 Å². The third kappa shape index (κ3) is 7.19. The molecule has 0 spiro atoms. The number of aryl methyl sites for hydroxylation is 4. The minimum Gasteiger partial charge on any atom is -0.469 e. The molecular weight excluding hydrogens is 904 g/mol. The molecule has 0 fully saturated rings. The van der Waals surface area contributed by atoms with Crippen molar-refractivity contribution in [2.45, 2.75) is 130 Å². The average Bonchev–Trinajstić information content (AvgIpc) is 3.91. The van der Waals surface area contributed by atoms with E-state index in [1.807, 2.05) is 11.3 Å². The summed E-state index contributed by atoms with van der Waals surface area (Å²) in [5, 5.41) is 10.2. The third-order valence-corrected chi connectivity index (χ3v) is 18.9. The fourth-order valence-corrected chi connectivity index (χ4v) is 14.6. The van der Waals surface area contributed by atoms with Gasteiger partial charge in [0, 0.05) is 53.9 Å². The molecule has 73 heavy (non-hydrogen) atoms. The molecule has 0 amide bonds. The Bertz CT molecular complexity index is 3970. The van der Waals surface area contributed by atoms with Crippen LogP contribution < -0.4 is 21.3 Å². The molecule has 0 saturated heterocycles. The molecule has 5 heteroatoms. The van der Waals surface area contributed by atoms with Gasteiger partial charge in [0.2, 0.25) is 7.28 Å². The Morgan fingerprint density at radius 1 is 0.521 bits per heavy atom. The highest BCUT2D eigenvalue weighted by Crippen LogP contribution is 2.54. The van der Waals surface area contributed by atoms with E-state index in [1.165, 1.54) is 110 Å². The molecule has 13 rings (SSSR count). The van der Waals surface area contributed by atoms with Gasteiger partial charge in [-0.3, -0.25) is 0 Å². The monoisotopic (exact) mass is 969 g/mol. The van der Waals surface area contributed by atoms with E-state index < -0.39 is 0 Å². The lowest BCUT2D eigenvalue weighted by Crippen LogP contribution is -2.40. The summed E-state index contributed by atoms with van der Waals surface area (Å²) in [5.41, 5.74) is 24.6. The lowest BCUT2D eigenvalue weighted by Gasteiger charge is -2.43. The number of nitrogens with zero attached hydrogens (tertiary/aromatic N) is 1. The highest BCUT2D eigenvalue weighted by atomic mass is 32.1. The number of hydrogen-bond acceptors (Lipinski definition) is 4. The van der Waals surface area contributed by atoms with E-state index in [0.29, 0.717) is 0 Å². The van der Waals surface area contributed by atoms with Crippen molar-refractivity contribution in [1.29, 1.82) is 0 Å². The highest BCUT2D eigenvalue weighted by Gasteiger charge is 2.42. The summed E-state index contributed by atoms with van der Waals surface area (Å²) in [4.78, 5) is 2.63. The van der Waals surface area contributed by atoms with E-state index in [2.05, 4.69) is 228 Å². The normalized spacial score (nSPS) is 17.1. The second kappa shape index (κ2) is 16.0. The maximum atomic E-state index is 7.38. The van der Waals surface area contributed by atoms with Gasteiger partial charge in [0.15, 0.2) is 0 Å². The maximum Gasteiger partial charge on any atom is 0.247 e. The van der Waals surface area contributed by atoms with Gasteiger partial charge >= 0.3 is 0 Å². The largest absolute Gasteiger partial charge is 0.469 e. The Balaban J connectivity index is 1.14. The second-order valence-electron chi connectivity index (χ2n) is 24.8. The van der Waals surface area contributed by atoms with E-state index in [-0.39, 0.29) is 21.7 Å². The summed E-state index contributed by atoms with van der Waals surface area (Å²) in [6.45, 7) is 28.7. The van der Waals surface area contributed by atoms with Crippen molar-refractivity contribution in [3.05, 3.63) is 172 Å². The summed E-state index contributed by atoms with van der Waals surface area (Å²) in [5.74, 6) is 0. The first kappa shape index (κ1) is 46.2. The van der Waals surface area contributed by atoms with Gasteiger partial charge in [-0.05, 0) is 208 Å². The Kier molecular flexibility index (Phi) is 10.1. The van der Waals surface area contributed by atoms with Gasteiger partial charge in [0.25, 0.3) is 0 Å². The summed E-state index contributed by atoms with van der Waals surface area (Å²) < 4.78 is 9.95. The number of fused-ring (bicyclic) bond motifs is 10. The van der Waals surface area contributed by atoms with Gasteiger partial charge < -0.3 is 14.6 Å². The number of rotatable bonds is 5. The summed E-state index contributed by atoms with van der Waals surface area (Å²) in [6, 6.07) is 48.9. The number of furan rings is 1. The van der Waals surface area contributed by atoms with Crippen LogP contribution >= 0.6 is 11.3 Å². The number of benzene rings is 8. The van der Waals surface area contributed by atoms with Crippen molar-refractivity contribution in [2.24, 2.45) is 0 Å². The van der Waals surface area contributed by atoms with E-state index >= 15 is 0 Å². The molecule has 2 aromatic heterocycles. The standard InChI is InChI=1S/C68H66BN2OS/c1-38-28-40(3)60(41(4)29-38)44-32-47(46-31-42-18-13-14-19-43(42)33-54(46)70-53-21-17-23-59-61(53)45-20-15-16-22-58(45)73-59)62-56(34-44)71(55-36-51-49(30-39(55)2)65(5,6)24-26-67(51,9)10)63-48-35-50-52(37-57(48)72-64(63)69-62)68(11,12)27-25-66(50,7)8/h13-23,28-37,70H,24-27H2,1-12H3. The molecule has 2 aliphatic carbocycles. The molecule has 363 valence electrons. The predicted molar refractivity (Wildman–Crippen MR) is 316 cm³/mol. The van der Waals surface area contributed by atoms with Crippen LogP contribution in [0.25, 0.3) is 64.2 Å². The summed E-state index contributed by atoms with van der Waals surface area (Å²) in [6.07, 6.45) is 4.60. The first-order valence-corrected chi connectivity index (χ1v) is 27.5. The lowest BCUT2D eigenvalue weighted by atomic mass is 9.60. The number of hydrogen-bond donors (Lipinski definition) is 1. The number of nitrogens with one attached hydrogen (secondary N) is 1. The van der Waals surface area contributed by atoms with Crippen LogP contribution in [0.3, 0.4) is 0 Å². The Morgan fingerprint density at radius 2 is 1.12 bits per heavy atom. The molecule has 10 aromatic rings. The molecule has 0 unspecified atom stereocenters. The molecular formula is C68H66BN2OS. The van der Waals surface area contributed by atoms with Gasteiger partial charge in [-0.2, -0.15) is 0 Å². The zero-order valence-electron chi connectivity index (χ0n) is 44.8. The molecule has 0 atom stereocenters. The molecule has 1 radical (unpaired) electrons. The number of thiophene rings is 1. The molecule has 0 bridgehead atoms. The van der Waals surface area contributed by atoms with Crippen molar-refractivity contribution >= 4 is 100 Å². The van der Waals surface area contributed by atoms with Crippen LogP contribution in [0.15, 0.2) is 132 Å². The topological polar surface area (TPSA) is 28.4 Å². The van der Waals surface area contributed by atoms with Gasteiger partial charge in [-0.1, -0.05) is 128 Å². The highest BCUT2D eigenvalue weighted by molar-refractivity contribution is 7.26. The Hall–Kier alpha value is -6.56. The molecule has 3 nitrogen and oxygen atoms in total. The molecule has 3 aliphatic rings. The van der Waals surface area contributed by atoms with Crippen molar-refractivity contribution in [3.63, 3.8) is 0 Å². The fourth-order valence-electron chi connectivity index (χ4n) is 13.5. The van der Waals surface area contributed by atoms with Gasteiger partial charge in [0.05, 0.1) is 11.3 Å². The summed E-state index contributed by atoms with van der Waals surface area (Å²) >= 11 is 1.86. The number of anilines is 5. The first-order valence-electron chi connectivity index (χ1n) is 26.7. The third-order valence-electron chi connectivity index (χ3n) is 17.8. The van der Waals surface area contributed by atoms with Crippen LogP contribution in [0.5, 0.6) is 0 Å². The minimum absolute atomic E-state index is 0.0133. The average molecular weight is 970 g/mol. The summed E-state index contributed by atoms with van der Waals surface area (Å²) in [7, 11) is 2.39. The van der Waals surface area contributed by atoms with Crippen LogP contribution in [0.2, 0.25) is 0 Å². The van der Waals surface area contributed by atoms with E-state index in [0.717, 1.165) is 64.2 Å². The van der Waals surface area contributed by atoms with Gasteiger partial charge in [-0.25, -0.2) is 0 Å². The van der Waals surface area contributed by atoms with Crippen molar-refractivity contribution in [1.82, 2.24) is 0 Å². The van der Waals surface area contributed by atoms with E-state index in [1.54, 1.807) is 0 Å². The second-order valence-corrected chi connectivity index (χ2v) is 25.9. The Labute approximate surface area is 436 Å². The maximum absolute atomic E-state index is 7.38. The van der Waals surface area contributed by atoms with Crippen molar-refractivity contribution in [2.75, 3.05) is 10.2 Å². The van der Waals surface area contributed by atoms with Crippen LogP contribution in [0.4, 0.5) is 28.4 Å². The Morgan fingerprint density at radius 3 is 1.82 bits per heavy atom. The molecule has 1 aliphatic heterocycles. The van der Waals surface area contributed by atoms with E-state index in [9.17, 15) is 0 Å². The fraction of sp³-hybridized carbons (Fsp3) is 0.294. The zero-order chi connectivity index (χ0) is 50.7. The minimum atomic E-state index is 0.0133. The van der Waals surface area contributed by atoms with Gasteiger partial charge in [-0.15, -0.1) is 11.3 Å². The predicted octanol–water partition coefficient (Wildman–Crippen LogP) is 18.4.